The number of carbonyl (C=O) groups is 2. The number of rotatable bonds is 8. The fraction of sp³-hybridized carbons (Fsp3) is 0.231. The molecule has 1 aliphatic carbocycles. The molecular formula is C26H24FN5O2. The zero-order chi connectivity index (χ0) is 23.5. The van der Waals surface area contributed by atoms with Crippen molar-refractivity contribution in [2.24, 2.45) is 0 Å². The molecule has 1 unspecified atom stereocenters. The van der Waals surface area contributed by atoms with Crippen LogP contribution in [0, 0.1) is 5.82 Å². The van der Waals surface area contributed by atoms with Gasteiger partial charge in [0.2, 0.25) is 11.8 Å². The number of nitrogens with one attached hydrogen (secondary N) is 1. The summed E-state index contributed by atoms with van der Waals surface area (Å²) in [6.07, 6.45) is 1.69. The van der Waals surface area contributed by atoms with Crippen molar-refractivity contribution in [2.75, 3.05) is 0 Å². The summed E-state index contributed by atoms with van der Waals surface area (Å²) in [4.78, 5) is 28.7. The molecule has 0 saturated heterocycles. The maximum Gasteiger partial charge on any atom is 0.247 e. The lowest BCUT2D eigenvalue weighted by molar-refractivity contribution is -0.142. The van der Waals surface area contributed by atoms with Crippen LogP contribution in [0.5, 0.6) is 0 Å². The maximum absolute atomic E-state index is 13.6. The summed E-state index contributed by atoms with van der Waals surface area (Å²) in [6, 6.07) is 22.0. The van der Waals surface area contributed by atoms with E-state index in [2.05, 4.69) is 15.6 Å². The molecule has 1 saturated carbocycles. The van der Waals surface area contributed by atoms with E-state index < -0.39 is 6.04 Å². The summed E-state index contributed by atoms with van der Waals surface area (Å²) in [5.41, 5.74) is 3.00. The van der Waals surface area contributed by atoms with E-state index >= 15 is 0 Å². The molecule has 0 aliphatic heterocycles. The number of aromatic nitrogens is 3. The number of halogens is 1. The van der Waals surface area contributed by atoms with E-state index in [4.69, 9.17) is 0 Å². The average molecular weight is 458 g/mol. The number of hydrogen-bond acceptors (Lipinski definition) is 4. The fourth-order valence-corrected chi connectivity index (χ4v) is 4.12. The number of hydrogen-bond donors (Lipinski definition) is 1. The van der Waals surface area contributed by atoms with Crippen molar-refractivity contribution in [3.63, 3.8) is 0 Å². The van der Waals surface area contributed by atoms with Gasteiger partial charge in [-0.05, 0) is 48.2 Å². The van der Waals surface area contributed by atoms with Gasteiger partial charge >= 0.3 is 0 Å². The number of carbonyl (C=O) groups excluding carboxylic acids is 2. The van der Waals surface area contributed by atoms with Gasteiger partial charge < -0.3 is 10.2 Å². The Bertz CT molecular complexity index is 1300. The van der Waals surface area contributed by atoms with Gasteiger partial charge in [-0.25, -0.2) is 9.07 Å². The molecule has 1 atom stereocenters. The first-order valence-electron chi connectivity index (χ1n) is 11.3. The van der Waals surface area contributed by atoms with E-state index in [0.29, 0.717) is 5.52 Å². The highest BCUT2D eigenvalue weighted by atomic mass is 19.1. The summed E-state index contributed by atoms with van der Waals surface area (Å²) in [7, 11) is 0. The minimum atomic E-state index is -0.781. The van der Waals surface area contributed by atoms with Gasteiger partial charge in [-0.15, -0.1) is 5.10 Å². The standard InChI is InChI=1S/C26H24FN5O2/c27-20-12-10-18(11-13-20)16-28-26(34)25(19-6-2-1-3-7-19)32(21-14-15-21)24(33)17-31-23-9-5-4-8-22(23)29-30-31/h1-13,21,25H,14-17H2,(H,28,34). The molecule has 8 heteroatoms. The highest BCUT2D eigenvalue weighted by Gasteiger charge is 2.41. The molecule has 5 rings (SSSR count). The van der Waals surface area contributed by atoms with Gasteiger partial charge in [0.25, 0.3) is 0 Å². The number of nitrogens with zero attached hydrogens (tertiary/aromatic N) is 4. The lowest BCUT2D eigenvalue weighted by Crippen LogP contribution is -2.46. The molecular weight excluding hydrogens is 433 g/mol. The summed E-state index contributed by atoms with van der Waals surface area (Å²) < 4.78 is 14.8. The van der Waals surface area contributed by atoms with Crippen LogP contribution in [0.15, 0.2) is 78.9 Å². The zero-order valence-corrected chi connectivity index (χ0v) is 18.5. The molecule has 1 heterocycles. The van der Waals surface area contributed by atoms with Crippen LogP contribution in [0.3, 0.4) is 0 Å². The molecule has 3 aromatic carbocycles. The van der Waals surface area contributed by atoms with E-state index in [9.17, 15) is 14.0 Å². The minimum Gasteiger partial charge on any atom is -0.350 e. The molecule has 1 aliphatic rings. The summed E-state index contributed by atoms with van der Waals surface area (Å²) in [6.45, 7) is 0.231. The van der Waals surface area contributed by atoms with Gasteiger partial charge in [0.15, 0.2) is 0 Å². The number of para-hydroxylation sites is 1. The molecule has 34 heavy (non-hydrogen) atoms. The molecule has 1 aromatic heterocycles. The first-order chi connectivity index (χ1) is 16.6. The Kier molecular flexibility index (Phi) is 6.03. The Morgan fingerprint density at radius 1 is 1.00 bits per heavy atom. The number of amides is 2. The van der Waals surface area contributed by atoms with Gasteiger partial charge in [-0.1, -0.05) is 59.8 Å². The fourth-order valence-electron chi connectivity index (χ4n) is 4.12. The molecule has 0 spiro atoms. The number of fused-ring (bicyclic) bond motifs is 1. The Labute approximate surface area is 196 Å². The highest BCUT2D eigenvalue weighted by Crippen LogP contribution is 2.35. The van der Waals surface area contributed by atoms with E-state index in [1.54, 1.807) is 21.7 Å². The monoisotopic (exact) mass is 457 g/mol. The lowest BCUT2D eigenvalue weighted by atomic mass is 10.0. The van der Waals surface area contributed by atoms with E-state index in [1.807, 2.05) is 54.6 Å². The summed E-state index contributed by atoms with van der Waals surface area (Å²) in [5, 5.41) is 11.2. The largest absolute Gasteiger partial charge is 0.350 e. The molecule has 1 N–H and O–H groups in total. The van der Waals surface area contributed by atoms with Crippen LogP contribution in [0.1, 0.15) is 30.0 Å². The third-order valence-electron chi connectivity index (χ3n) is 5.96. The second-order valence-electron chi connectivity index (χ2n) is 8.43. The van der Waals surface area contributed by atoms with Crippen LogP contribution in [0.25, 0.3) is 11.0 Å². The van der Waals surface area contributed by atoms with Crippen LogP contribution in [0.2, 0.25) is 0 Å². The summed E-state index contributed by atoms with van der Waals surface area (Å²) in [5.74, 6) is -0.799. The normalized spacial score (nSPS) is 14.0. The quantitative estimate of drug-likeness (QED) is 0.438. The second kappa shape index (κ2) is 9.43. The SMILES string of the molecule is O=C(NCc1ccc(F)cc1)C(c1ccccc1)N(C(=O)Cn1nnc2ccccc21)C1CC1. The van der Waals surface area contributed by atoms with Crippen molar-refractivity contribution >= 4 is 22.8 Å². The second-order valence-corrected chi connectivity index (χ2v) is 8.43. The molecule has 0 bridgehead atoms. The van der Waals surface area contributed by atoms with Crippen LogP contribution in [-0.2, 0) is 22.7 Å². The van der Waals surface area contributed by atoms with Crippen LogP contribution < -0.4 is 5.32 Å². The summed E-state index contributed by atoms with van der Waals surface area (Å²) >= 11 is 0. The average Bonchev–Trinajstić information content (AvgIpc) is 3.62. The topological polar surface area (TPSA) is 80.1 Å². The van der Waals surface area contributed by atoms with Crippen LogP contribution in [0.4, 0.5) is 4.39 Å². The van der Waals surface area contributed by atoms with Gasteiger partial charge in [-0.2, -0.15) is 0 Å². The van der Waals surface area contributed by atoms with Crippen molar-refractivity contribution in [3.8, 4) is 0 Å². The van der Waals surface area contributed by atoms with Crippen molar-refractivity contribution in [2.45, 2.75) is 38.0 Å². The first-order valence-corrected chi connectivity index (χ1v) is 11.3. The molecule has 0 radical (unpaired) electrons. The van der Waals surface area contributed by atoms with Crippen LogP contribution in [-0.4, -0.2) is 37.7 Å². The lowest BCUT2D eigenvalue weighted by Gasteiger charge is -2.31. The van der Waals surface area contributed by atoms with E-state index in [1.165, 1.54) is 12.1 Å². The third-order valence-corrected chi connectivity index (χ3v) is 5.96. The first kappa shape index (κ1) is 21.8. The Hall–Kier alpha value is -4.07. The third kappa shape index (κ3) is 4.66. The molecule has 172 valence electrons. The van der Waals surface area contributed by atoms with Gasteiger partial charge in [0.05, 0.1) is 5.52 Å². The molecule has 1 fully saturated rings. The Balaban J connectivity index is 1.41. The molecule has 7 nitrogen and oxygen atoms in total. The molecule has 4 aromatic rings. The smallest absolute Gasteiger partial charge is 0.247 e. The van der Waals surface area contributed by atoms with Crippen molar-refractivity contribution in [3.05, 3.63) is 95.8 Å². The zero-order valence-electron chi connectivity index (χ0n) is 18.5. The van der Waals surface area contributed by atoms with Crippen molar-refractivity contribution in [1.82, 2.24) is 25.2 Å². The minimum absolute atomic E-state index is 0.00834. The van der Waals surface area contributed by atoms with E-state index in [-0.39, 0.29) is 36.8 Å². The van der Waals surface area contributed by atoms with Gasteiger partial charge in [0, 0.05) is 12.6 Å². The Morgan fingerprint density at radius 2 is 1.71 bits per heavy atom. The van der Waals surface area contributed by atoms with Crippen molar-refractivity contribution in [1.29, 1.82) is 0 Å². The highest BCUT2D eigenvalue weighted by molar-refractivity contribution is 5.89. The van der Waals surface area contributed by atoms with Gasteiger partial charge in [-0.3, -0.25) is 9.59 Å². The predicted molar refractivity (Wildman–Crippen MR) is 125 cm³/mol. The van der Waals surface area contributed by atoms with Crippen molar-refractivity contribution < 1.29 is 14.0 Å². The number of benzene rings is 3. The predicted octanol–water partition coefficient (Wildman–Crippen LogP) is 3.62. The maximum atomic E-state index is 13.6. The van der Waals surface area contributed by atoms with E-state index in [0.717, 1.165) is 29.5 Å². The van der Waals surface area contributed by atoms with Gasteiger partial charge in [0.1, 0.15) is 23.9 Å². The Morgan fingerprint density at radius 3 is 2.44 bits per heavy atom. The molecule has 2 amide bonds. The van der Waals surface area contributed by atoms with Crippen LogP contribution >= 0.6 is 0 Å².